The van der Waals surface area contributed by atoms with Gasteiger partial charge in [-0.1, -0.05) is 6.07 Å². The van der Waals surface area contributed by atoms with Gasteiger partial charge in [-0.25, -0.2) is 0 Å². The molecular weight excluding hydrogens is 184 g/mol. The fourth-order valence-corrected chi connectivity index (χ4v) is 1.59. The molecule has 0 N–H and O–H groups in total. The molecule has 1 radical (unpaired) electrons. The quantitative estimate of drug-likeness (QED) is 0.685. The minimum Gasteiger partial charge on any atom is -0.372 e. The fraction of sp³-hybridized carbons (Fsp3) is 0.462. The number of anilines is 1. The largest absolute Gasteiger partial charge is 0.372 e. The van der Waals surface area contributed by atoms with Gasteiger partial charge >= 0.3 is 0 Å². The number of aryl methyl sites for hydroxylation is 1. The van der Waals surface area contributed by atoms with Gasteiger partial charge in [-0.2, -0.15) is 5.26 Å². The second-order valence-electron chi connectivity index (χ2n) is 3.57. The molecule has 0 amide bonds. The normalized spacial score (nSPS) is 9.67. The average Bonchev–Trinajstić information content (AvgIpc) is 2.24. The maximum absolute atomic E-state index is 8.49. The molecule has 0 aromatic heterocycles. The van der Waals surface area contributed by atoms with Crippen molar-refractivity contribution in [2.75, 3.05) is 18.0 Å². The molecule has 0 unspecified atom stereocenters. The van der Waals surface area contributed by atoms with Crippen LogP contribution in [0.2, 0.25) is 0 Å². The zero-order chi connectivity index (χ0) is 11.1. The Kier molecular flexibility index (Phi) is 4.70. The lowest BCUT2D eigenvalue weighted by molar-refractivity contribution is 0.760. The zero-order valence-corrected chi connectivity index (χ0v) is 9.45. The van der Waals surface area contributed by atoms with Gasteiger partial charge in [0.15, 0.2) is 0 Å². The predicted octanol–water partition coefficient (Wildman–Crippen LogP) is 2.93. The average molecular weight is 201 g/mol. The third-order valence-electron chi connectivity index (χ3n) is 2.39. The SMILES string of the molecule is CCN(CCCC#N)c1cc[c]c(C)c1. The summed E-state index contributed by atoms with van der Waals surface area (Å²) in [5, 5.41) is 8.49. The molecule has 0 saturated heterocycles. The Balaban J connectivity index is 2.62. The molecule has 0 atom stereocenters. The Morgan fingerprint density at radius 3 is 2.93 bits per heavy atom. The lowest BCUT2D eigenvalue weighted by Crippen LogP contribution is -2.23. The number of rotatable bonds is 5. The highest BCUT2D eigenvalue weighted by atomic mass is 15.1. The first-order chi connectivity index (χ1) is 7.27. The van der Waals surface area contributed by atoms with Crippen LogP contribution in [0.15, 0.2) is 18.2 Å². The van der Waals surface area contributed by atoms with Gasteiger partial charge in [-0.15, -0.1) is 0 Å². The molecule has 0 heterocycles. The standard InChI is InChI=1S/C13H17N2/c1-3-15(10-5-4-9-14)13-8-6-7-12(2)11-13/h6,8,11H,3-5,10H2,1-2H3. The smallest absolute Gasteiger partial charge is 0.0622 e. The molecule has 0 saturated carbocycles. The summed E-state index contributed by atoms with van der Waals surface area (Å²) >= 11 is 0. The van der Waals surface area contributed by atoms with E-state index < -0.39 is 0 Å². The van der Waals surface area contributed by atoms with Crippen molar-refractivity contribution < 1.29 is 0 Å². The molecule has 15 heavy (non-hydrogen) atoms. The van der Waals surface area contributed by atoms with Crippen molar-refractivity contribution in [3.8, 4) is 6.07 Å². The van der Waals surface area contributed by atoms with Crippen LogP contribution in [0.3, 0.4) is 0 Å². The minimum absolute atomic E-state index is 0.633. The lowest BCUT2D eigenvalue weighted by Gasteiger charge is -2.22. The first-order valence-electron chi connectivity index (χ1n) is 5.38. The van der Waals surface area contributed by atoms with E-state index in [1.807, 2.05) is 13.0 Å². The maximum Gasteiger partial charge on any atom is 0.0622 e. The van der Waals surface area contributed by atoms with Crippen molar-refractivity contribution in [1.82, 2.24) is 0 Å². The van der Waals surface area contributed by atoms with E-state index in [2.05, 4.69) is 36.1 Å². The second kappa shape index (κ2) is 6.08. The van der Waals surface area contributed by atoms with E-state index in [-0.39, 0.29) is 0 Å². The monoisotopic (exact) mass is 201 g/mol. The van der Waals surface area contributed by atoms with Crippen LogP contribution in [0, 0.1) is 24.3 Å². The summed E-state index contributed by atoms with van der Waals surface area (Å²) in [4.78, 5) is 2.29. The highest BCUT2D eigenvalue weighted by molar-refractivity contribution is 5.47. The highest BCUT2D eigenvalue weighted by Crippen LogP contribution is 2.15. The van der Waals surface area contributed by atoms with Crippen LogP contribution >= 0.6 is 0 Å². The summed E-state index contributed by atoms with van der Waals surface area (Å²) in [5.74, 6) is 0. The molecule has 1 aromatic rings. The summed E-state index contributed by atoms with van der Waals surface area (Å²) < 4.78 is 0. The van der Waals surface area contributed by atoms with E-state index in [0.717, 1.165) is 25.1 Å². The van der Waals surface area contributed by atoms with Gasteiger partial charge in [0.05, 0.1) is 6.07 Å². The first-order valence-corrected chi connectivity index (χ1v) is 5.38. The number of hydrogen-bond acceptors (Lipinski definition) is 2. The van der Waals surface area contributed by atoms with Gasteiger partial charge in [-0.3, -0.25) is 0 Å². The van der Waals surface area contributed by atoms with Gasteiger partial charge < -0.3 is 4.90 Å². The topological polar surface area (TPSA) is 27.0 Å². The third-order valence-corrected chi connectivity index (χ3v) is 2.39. The zero-order valence-electron chi connectivity index (χ0n) is 9.45. The van der Waals surface area contributed by atoms with Crippen LogP contribution in [0.25, 0.3) is 0 Å². The second-order valence-corrected chi connectivity index (χ2v) is 3.57. The molecule has 1 aromatic carbocycles. The molecule has 2 nitrogen and oxygen atoms in total. The van der Waals surface area contributed by atoms with Crippen molar-refractivity contribution >= 4 is 5.69 Å². The predicted molar refractivity (Wildman–Crippen MR) is 62.7 cm³/mol. The number of hydrogen-bond donors (Lipinski definition) is 0. The lowest BCUT2D eigenvalue weighted by atomic mass is 10.2. The van der Waals surface area contributed by atoms with E-state index >= 15 is 0 Å². The van der Waals surface area contributed by atoms with Gasteiger partial charge in [-0.05, 0) is 44.0 Å². The Morgan fingerprint density at radius 2 is 2.33 bits per heavy atom. The van der Waals surface area contributed by atoms with E-state index in [1.54, 1.807) is 0 Å². The van der Waals surface area contributed by atoms with Crippen molar-refractivity contribution in [2.24, 2.45) is 0 Å². The summed E-state index contributed by atoms with van der Waals surface area (Å²) in [6.45, 7) is 6.12. The molecule has 0 spiro atoms. The molecule has 2 heteroatoms. The Hall–Kier alpha value is -1.49. The first kappa shape index (κ1) is 11.6. The van der Waals surface area contributed by atoms with Gasteiger partial charge in [0.2, 0.25) is 0 Å². The summed E-state index contributed by atoms with van der Waals surface area (Å²) in [6, 6.07) is 11.5. The Bertz CT molecular complexity index is 339. The maximum atomic E-state index is 8.49. The van der Waals surface area contributed by atoms with Crippen LogP contribution in [0.1, 0.15) is 25.3 Å². The summed E-state index contributed by atoms with van der Waals surface area (Å²) in [5.41, 5.74) is 2.39. The molecule has 0 aliphatic rings. The van der Waals surface area contributed by atoms with Crippen molar-refractivity contribution in [3.05, 3.63) is 29.8 Å². The molecule has 0 aliphatic carbocycles. The van der Waals surface area contributed by atoms with E-state index in [1.165, 1.54) is 5.69 Å². The van der Waals surface area contributed by atoms with Crippen molar-refractivity contribution in [2.45, 2.75) is 26.7 Å². The molecule has 0 aliphatic heterocycles. The van der Waals surface area contributed by atoms with Crippen LogP contribution in [-0.4, -0.2) is 13.1 Å². The third kappa shape index (κ3) is 3.63. The van der Waals surface area contributed by atoms with Crippen LogP contribution < -0.4 is 4.90 Å². The molecule has 0 fully saturated rings. The van der Waals surface area contributed by atoms with Crippen LogP contribution in [0.5, 0.6) is 0 Å². The molecule has 79 valence electrons. The number of nitrogens with zero attached hydrogens (tertiary/aromatic N) is 2. The van der Waals surface area contributed by atoms with E-state index in [4.69, 9.17) is 5.26 Å². The van der Waals surface area contributed by atoms with Crippen molar-refractivity contribution in [1.29, 1.82) is 5.26 Å². The molecular formula is C13H17N2. The van der Waals surface area contributed by atoms with Crippen LogP contribution in [0.4, 0.5) is 5.69 Å². The number of benzene rings is 1. The number of unbranched alkanes of at least 4 members (excludes halogenated alkanes) is 1. The van der Waals surface area contributed by atoms with Gasteiger partial charge in [0, 0.05) is 25.2 Å². The van der Waals surface area contributed by atoms with Gasteiger partial charge in [0.25, 0.3) is 0 Å². The Labute approximate surface area is 92.1 Å². The molecule has 0 bridgehead atoms. The Morgan fingerprint density at radius 1 is 1.53 bits per heavy atom. The fourth-order valence-electron chi connectivity index (χ4n) is 1.59. The summed E-state index contributed by atoms with van der Waals surface area (Å²) in [6.07, 6.45) is 1.57. The molecule has 1 rings (SSSR count). The summed E-state index contributed by atoms with van der Waals surface area (Å²) in [7, 11) is 0. The van der Waals surface area contributed by atoms with E-state index in [9.17, 15) is 0 Å². The highest BCUT2D eigenvalue weighted by Gasteiger charge is 2.03. The number of nitriles is 1. The van der Waals surface area contributed by atoms with E-state index in [0.29, 0.717) is 6.42 Å². The minimum atomic E-state index is 0.633. The van der Waals surface area contributed by atoms with Crippen molar-refractivity contribution in [3.63, 3.8) is 0 Å². The van der Waals surface area contributed by atoms with Gasteiger partial charge in [0.1, 0.15) is 0 Å². The van der Waals surface area contributed by atoms with Crippen LogP contribution in [-0.2, 0) is 0 Å².